The van der Waals surface area contributed by atoms with Gasteiger partial charge in [0.2, 0.25) is 12.7 Å². The number of carbonyl (C=O) groups is 2. The third kappa shape index (κ3) is 3.48. The van der Waals surface area contributed by atoms with E-state index < -0.39 is 42.6 Å². The minimum absolute atomic E-state index is 0.140. The van der Waals surface area contributed by atoms with Crippen LogP contribution < -0.4 is 9.47 Å². The zero-order valence-electron chi connectivity index (χ0n) is 15.2. The number of nitrogens with zero attached hydrogens (tertiary/aromatic N) is 1. The molecule has 150 valence electrons. The first-order valence-corrected chi connectivity index (χ1v) is 8.71. The smallest absolute Gasteiger partial charge is 0.303 e. The molecule has 1 aromatic rings. The summed E-state index contributed by atoms with van der Waals surface area (Å²) in [6, 6.07) is 5.19. The van der Waals surface area contributed by atoms with E-state index >= 15 is 0 Å². The van der Waals surface area contributed by atoms with E-state index in [2.05, 4.69) is 4.99 Å². The van der Waals surface area contributed by atoms with Gasteiger partial charge in [-0.1, -0.05) is 0 Å². The second kappa shape index (κ2) is 7.28. The highest BCUT2D eigenvalue weighted by Crippen LogP contribution is 2.36. The summed E-state index contributed by atoms with van der Waals surface area (Å²) < 4.78 is 32.4. The molecule has 1 saturated heterocycles. The molecule has 0 aliphatic carbocycles. The van der Waals surface area contributed by atoms with Crippen LogP contribution in [0, 0.1) is 0 Å². The average molecular weight is 393 g/mol. The summed E-state index contributed by atoms with van der Waals surface area (Å²) in [6.07, 6.45) is -4.89. The lowest BCUT2D eigenvalue weighted by Gasteiger charge is -2.39. The first-order chi connectivity index (χ1) is 13.4. The van der Waals surface area contributed by atoms with E-state index in [0.29, 0.717) is 17.1 Å². The third-order valence-corrected chi connectivity index (χ3v) is 4.50. The molecule has 0 aromatic heterocycles. The molecule has 0 bridgehead atoms. The molecule has 5 atom stereocenters. The number of ether oxygens (including phenoxy) is 6. The first kappa shape index (κ1) is 18.5. The summed E-state index contributed by atoms with van der Waals surface area (Å²) >= 11 is 0. The van der Waals surface area contributed by atoms with E-state index in [1.54, 1.807) is 18.2 Å². The molecule has 0 saturated carbocycles. The van der Waals surface area contributed by atoms with Gasteiger partial charge in [0.1, 0.15) is 18.8 Å². The van der Waals surface area contributed by atoms with Gasteiger partial charge in [0.05, 0.1) is 0 Å². The number of hydrogen-bond donors (Lipinski definition) is 1. The first-order valence-electron chi connectivity index (χ1n) is 8.71. The van der Waals surface area contributed by atoms with Crippen LogP contribution >= 0.6 is 0 Å². The predicted molar refractivity (Wildman–Crippen MR) is 90.8 cm³/mol. The van der Waals surface area contributed by atoms with E-state index in [9.17, 15) is 14.7 Å². The largest absolute Gasteiger partial charge is 0.466 e. The Morgan fingerprint density at radius 2 is 2.00 bits per heavy atom. The van der Waals surface area contributed by atoms with Crippen molar-refractivity contribution in [1.29, 1.82) is 0 Å². The highest BCUT2D eigenvalue weighted by Gasteiger charge is 2.52. The number of benzene rings is 1. The monoisotopic (exact) mass is 393 g/mol. The fourth-order valence-electron chi connectivity index (χ4n) is 3.26. The Bertz CT molecular complexity index is 823. The number of esters is 2. The number of aliphatic hydroxyl groups excluding tert-OH is 1. The van der Waals surface area contributed by atoms with Crippen molar-refractivity contribution in [3.8, 4) is 11.5 Å². The normalized spacial score (nSPS) is 30.1. The van der Waals surface area contributed by atoms with E-state index in [4.69, 9.17) is 28.4 Å². The second-order valence-corrected chi connectivity index (χ2v) is 6.52. The Morgan fingerprint density at radius 1 is 1.21 bits per heavy atom. The standard InChI is InChI=1S/C18H19NO9/c1-8(20)23-6-13-15(26-9(2)21)14(22)16-18(27-13)19-17(28-16)10-3-4-11-12(5-10)25-7-24-11/h3-5,13-16,18,22H,6-7H2,1-2H3/t13-,14+,15+,16-,18+/m1/s1. The number of fused-ring (bicyclic) bond motifs is 2. The van der Waals surface area contributed by atoms with Crippen molar-refractivity contribution < 1.29 is 43.1 Å². The Hall–Kier alpha value is -2.85. The van der Waals surface area contributed by atoms with Crippen molar-refractivity contribution in [2.75, 3.05) is 13.4 Å². The zero-order valence-corrected chi connectivity index (χ0v) is 15.2. The number of rotatable bonds is 4. The molecule has 1 N–H and O–H groups in total. The van der Waals surface area contributed by atoms with Crippen molar-refractivity contribution in [3.05, 3.63) is 23.8 Å². The zero-order chi connectivity index (χ0) is 19.8. The molecule has 0 unspecified atom stereocenters. The Kier molecular flexibility index (Phi) is 4.82. The number of aliphatic hydroxyl groups is 1. The Morgan fingerprint density at radius 3 is 2.75 bits per heavy atom. The maximum absolute atomic E-state index is 11.4. The van der Waals surface area contributed by atoms with Crippen molar-refractivity contribution in [2.24, 2.45) is 4.99 Å². The lowest BCUT2D eigenvalue weighted by molar-refractivity contribution is -0.228. The van der Waals surface area contributed by atoms with E-state index in [0.717, 1.165) is 0 Å². The summed E-state index contributed by atoms with van der Waals surface area (Å²) in [4.78, 5) is 26.9. The van der Waals surface area contributed by atoms with Gasteiger partial charge in [0.15, 0.2) is 29.9 Å². The minimum atomic E-state index is -1.22. The maximum atomic E-state index is 11.4. The van der Waals surface area contributed by atoms with Gasteiger partial charge >= 0.3 is 11.9 Å². The Labute approximate surface area is 159 Å². The molecule has 3 aliphatic rings. The molecular weight excluding hydrogens is 374 g/mol. The third-order valence-electron chi connectivity index (χ3n) is 4.50. The quantitative estimate of drug-likeness (QED) is 0.712. The summed E-state index contributed by atoms with van der Waals surface area (Å²) in [6.45, 7) is 2.41. The fraction of sp³-hybridized carbons (Fsp3) is 0.500. The molecule has 1 fully saturated rings. The number of aliphatic imine (C=N–C) groups is 1. The number of hydrogen-bond acceptors (Lipinski definition) is 10. The van der Waals surface area contributed by atoms with Gasteiger partial charge in [-0.15, -0.1) is 0 Å². The van der Waals surface area contributed by atoms with Crippen LogP contribution in [-0.2, 0) is 28.5 Å². The molecule has 4 rings (SSSR count). The minimum Gasteiger partial charge on any atom is -0.466 e. The van der Waals surface area contributed by atoms with Crippen LogP contribution in [0.4, 0.5) is 0 Å². The van der Waals surface area contributed by atoms with Crippen molar-refractivity contribution in [3.63, 3.8) is 0 Å². The highest BCUT2D eigenvalue weighted by atomic mass is 16.7. The Balaban J connectivity index is 1.55. The van der Waals surface area contributed by atoms with Crippen LogP contribution in [0.1, 0.15) is 19.4 Å². The van der Waals surface area contributed by atoms with Crippen molar-refractivity contribution in [2.45, 2.75) is 44.5 Å². The maximum Gasteiger partial charge on any atom is 0.303 e. The summed E-state index contributed by atoms with van der Waals surface area (Å²) in [5.74, 6) is 0.308. The molecule has 3 aliphatic heterocycles. The van der Waals surface area contributed by atoms with Crippen LogP contribution in [0.3, 0.4) is 0 Å². The molecule has 0 radical (unpaired) electrons. The summed E-state index contributed by atoms with van der Waals surface area (Å²) in [7, 11) is 0. The van der Waals surface area contributed by atoms with E-state index in [-0.39, 0.29) is 19.3 Å². The highest BCUT2D eigenvalue weighted by molar-refractivity contribution is 5.96. The molecular formula is C18H19NO9. The topological polar surface area (TPSA) is 122 Å². The van der Waals surface area contributed by atoms with Gasteiger partial charge in [-0.2, -0.15) is 0 Å². The van der Waals surface area contributed by atoms with Crippen LogP contribution in [0.5, 0.6) is 11.5 Å². The van der Waals surface area contributed by atoms with Crippen LogP contribution in [-0.4, -0.2) is 67.0 Å². The molecule has 3 heterocycles. The molecule has 0 amide bonds. The van der Waals surface area contributed by atoms with Gasteiger partial charge < -0.3 is 33.5 Å². The predicted octanol–water partition coefficient (Wildman–Crippen LogP) is 0.141. The van der Waals surface area contributed by atoms with Gasteiger partial charge in [0, 0.05) is 19.4 Å². The molecule has 0 spiro atoms. The van der Waals surface area contributed by atoms with Gasteiger partial charge in [-0.25, -0.2) is 4.99 Å². The van der Waals surface area contributed by atoms with Gasteiger partial charge in [-0.05, 0) is 18.2 Å². The molecule has 1 aromatic carbocycles. The molecule has 10 heteroatoms. The lowest BCUT2D eigenvalue weighted by atomic mass is 9.98. The van der Waals surface area contributed by atoms with Gasteiger partial charge in [0.25, 0.3) is 0 Å². The average Bonchev–Trinajstić information content (AvgIpc) is 3.28. The number of carbonyl (C=O) groups excluding carboxylic acids is 2. The van der Waals surface area contributed by atoms with Gasteiger partial charge in [-0.3, -0.25) is 9.59 Å². The lowest BCUT2D eigenvalue weighted by Crippen LogP contribution is -2.59. The van der Waals surface area contributed by atoms with Crippen molar-refractivity contribution in [1.82, 2.24) is 0 Å². The van der Waals surface area contributed by atoms with Crippen LogP contribution in [0.15, 0.2) is 23.2 Å². The van der Waals surface area contributed by atoms with E-state index in [1.165, 1.54) is 13.8 Å². The fourth-order valence-corrected chi connectivity index (χ4v) is 3.26. The summed E-state index contributed by atoms with van der Waals surface area (Å²) in [5.41, 5.74) is 0.620. The van der Waals surface area contributed by atoms with E-state index in [1.807, 2.05) is 0 Å². The molecule has 28 heavy (non-hydrogen) atoms. The second-order valence-electron chi connectivity index (χ2n) is 6.52. The molecule has 10 nitrogen and oxygen atoms in total. The van der Waals surface area contributed by atoms with Crippen molar-refractivity contribution >= 4 is 17.8 Å². The summed E-state index contributed by atoms with van der Waals surface area (Å²) in [5, 5.41) is 10.7. The van der Waals surface area contributed by atoms with Crippen LogP contribution in [0.25, 0.3) is 0 Å². The van der Waals surface area contributed by atoms with Crippen LogP contribution in [0.2, 0.25) is 0 Å². The SMILES string of the molecule is CC(=O)OC[C@H]1O[C@@H]2N=C(c3ccc4c(c3)OCO4)O[C@@H]2[C@@H](O)[C@H]1OC(C)=O.